The minimum Gasteiger partial charge on any atom is -0.317 e. The van der Waals surface area contributed by atoms with Crippen LogP contribution < -0.4 is 5.32 Å². The van der Waals surface area contributed by atoms with E-state index in [0.717, 1.165) is 24.8 Å². The second-order valence-electron chi connectivity index (χ2n) is 4.74. The molecule has 1 N–H and O–H groups in total. The van der Waals surface area contributed by atoms with E-state index in [1.165, 1.54) is 6.07 Å². The molecular weight excluding hydrogens is 237 g/mol. The highest BCUT2D eigenvalue weighted by atomic mass is 35.5. The van der Waals surface area contributed by atoms with E-state index in [0.29, 0.717) is 12.0 Å². The molecule has 0 spiro atoms. The van der Waals surface area contributed by atoms with Gasteiger partial charge in [0.2, 0.25) is 0 Å². The van der Waals surface area contributed by atoms with E-state index in [1.807, 2.05) is 13.1 Å². The van der Waals surface area contributed by atoms with E-state index in [9.17, 15) is 4.39 Å². The van der Waals surface area contributed by atoms with Gasteiger partial charge < -0.3 is 5.32 Å². The normalized spacial score (nSPS) is 13.1. The molecule has 1 unspecified atom stereocenters. The van der Waals surface area contributed by atoms with Crippen molar-refractivity contribution in [2.75, 3.05) is 7.05 Å². The van der Waals surface area contributed by atoms with Crippen LogP contribution in [0.5, 0.6) is 0 Å². The maximum Gasteiger partial charge on any atom is 0.142 e. The molecule has 0 aliphatic carbocycles. The predicted octanol–water partition coefficient (Wildman–Crippen LogP) is 4.05. The predicted molar refractivity (Wildman–Crippen MR) is 72.0 cm³/mol. The van der Waals surface area contributed by atoms with Gasteiger partial charge in [-0.05, 0) is 43.9 Å². The standard InChI is InChI=1S/C14H21ClFN/c1-10(2)13(17-3)9-5-7-11-6-4-8-12(16)14(11)15/h4,6,8,10,13,17H,5,7,9H2,1-3H3. The number of hydrogen-bond acceptors (Lipinski definition) is 1. The van der Waals surface area contributed by atoms with Gasteiger partial charge in [-0.1, -0.05) is 37.6 Å². The van der Waals surface area contributed by atoms with Crippen LogP contribution in [0.25, 0.3) is 0 Å². The molecule has 0 saturated heterocycles. The Morgan fingerprint density at radius 2 is 2.06 bits per heavy atom. The lowest BCUT2D eigenvalue weighted by Crippen LogP contribution is -2.30. The summed E-state index contributed by atoms with van der Waals surface area (Å²) in [5, 5.41) is 3.58. The number of halogens is 2. The Labute approximate surface area is 108 Å². The third-order valence-electron chi connectivity index (χ3n) is 3.17. The Morgan fingerprint density at radius 1 is 1.35 bits per heavy atom. The van der Waals surface area contributed by atoms with E-state index < -0.39 is 0 Å². The Kier molecular flexibility index (Phi) is 5.93. The highest BCUT2D eigenvalue weighted by molar-refractivity contribution is 6.31. The summed E-state index contributed by atoms with van der Waals surface area (Å²) in [5.41, 5.74) is 0.908. The summed E-state index contributed by atoms with van der Waals surface area (Å²) in [6.07, 6.45) is 2.94. The molecule has 0 saturated carbocycles. The molecule has 0 aliphatic heterocycles. The SMILES string of the molecule is CNC(CCCc1cccc(F)c1Cl)C(C)C. The molecule has 0 bridgehead atoms. The molecule has 0 aromatic heterocycles. The van der Waals surface area contributed by atoms with Crippen LogP contribution in [0.3, 0.4) is 0 Å². The molecule has 1 aromatic rings. The largest absolute Gasteiger partial charge is 0.317 e. The Balaban J connectivity index is 2.48. The van der Waals surface area contributed by atoms with E-state index in [4.69, 9.17) is 11.6 Å². The van der Waals surface area contributed by atoms with Gasteiger partial charge in [0.25, 0.3) is 0 Å². The van der Waals surface area contributed by atoms with Crippen molar-refractivity contribution in [2.24, 2.45) is 5.92 Å². The van der Waals surface area contributed by atoms with Crippen LogP contribution >= 0.6 is 11.6 Å². The monoisotopic (exact) mass is 257 g/mol. The molecule has 0 fully saturated rings. The molecule has 0 aliphatic rings. The summed E-state index contributed by atoms with van der Waals surface area (Å²) in [7, 11) is 1.99. The van der Waals surface area contributed by atoms with Crippen LogP contribution in [0, 0.1) is 11.7 Å². The summed E-state index contributed by atoms with van der Waals surface area (Å²) < 4.78 is 13.2. The highest BCUT2D eigenvalue weighted by Gasteiger charge is 2.11. The molecule has 1 aromatic carbocycles. The van der Waals surface area contributed by atoms with Gasteiger partial charge in [-0.3, -0.25) is 0 Å². The summed E-state index contributed by atoms with van der Waals surface area (Å²) in [6, 6.07) is 5.53. The smallest absolute Gasteiger partial charge is 0.142 e. The minimum absolute atomic E-state index is 0.276. The molecule has 96 valence electrons. The molecule has 1 nitrogen and oxygen atoms in total. The third-order valence-corrected chi connectivity index (χ3v) is 3.59. The zero-order chi connectivity index (χ0) is 12.8. The average Bonchev–Trinajstić information content (AvgIpc) is 2.29. The summed E-state index contributed by atoms with van der Waals surface area (Å²) in [6.45, 7) is 4.41. The van der Waals surface area contributed by atoms with E-state index >= 15 is 0 Å². The second-order valence-corrected chi connectivity index (χ2v) is 5.12. The van der Waals surface area contributed by atoms with Gasteiger partial charge in [-0.15, -0.1) is 0 Å². The number of aryl methyl sites for hydroxylation is 1. The van der Waals surface area contributed by atoms with Gasteiger partial charge in [0.15, 0.2) is 0 Å². The van der Waals surface area contributed by atoms with Crippen molar-refractivity contribution in [3.05, 3.63) is 34.6 Å². The highest BCUT2D eigenvalue weighted by Crippen LogP contribution is 2.22. The van der Waals surface area contributed by atoms with Crippen molar-refractivity contribution in [1.29, 1.82) is 0 Å². The second kappa shape index (κ2) is 6.97. The van der Waals surface area contributed by atoms with E-state index in [1.54, 1.807) is 6.07 Å². The number of nitrogens with one attached hydrogen (secondary N) is 1. The maximum atomic E-state index is 13.2. The van der Waals surface area contributed by atoms with Gasteiger partial charge in [-0.2, -0.15) is 0 Å². The summed E-state index contributed by atoms with van der Waals surface area (Å²) in [5.74, 6) is 0.293. The van der Waals surface area contributed by atoms with Gasteiger partial charge in [0.05, 0.1) is 5.02 Å². The molecule has 1 rings (SSSR count). The fourth-order valence-electron chi connectivity index (χ4n) is 2.06. The number of rotatable bonds is 6. The first-order valence-corrected chi connectivity index (χ1v) is 6.54. The topological polar surface area (TPSA) is 12.0 Å². The first-order valence-electron chi connectivity index (χ1n) is 6.16. The lowest BCUT2D eigenvalue weighted by atomic mass is 9.97. The molecule has 0 amide bonds. The van der Waals surface area contributed by atoms with E-state index in [-0.39, 0.29) is 10.8 Å². The van der Waals surface area contributed by atoms with Crippen LogP contribution in [0.1, 0.15) is 32.3 Å². The van der Waals surface area contributed by atoms with Crippen LogP contribution in [0.15, 0.2) is 18.2 Å². The summed E-state index contributed by atoms with van der Waals surface area (Å²) >= 11 is 5.91. The van der Waals surface area contributed by atoms with Crippen molar-refractivity contribution >= 4 is 11.6 Å². The molecule has 1 atom stereocenters. The molecule has 17 heavy (non-hydrogen) atoms. The van der Waals surface area contributed by atoms with Gasteiger partial charge in [0.1, 0.15) is 5.82 Å². The van der Waals surface area contributed by atoms with E-state index in [2.05, 4.69) is 19.2 Å². The van der Waals surface area contributed by atoms with Crippen LogP contribution in [-0.2, 0) is 6.42 Å². The van der Waals surface area contributed by atoms with Crippen molar-refractivity contribution in [2.45, 2.75) is 39.2 Å². The van der Waals surface area contributed by atoms with Gasteiger partial charge in [0, 0.05) is 6.04 Å². The fourth-order valence-corrected chi connectivity index (χ4v) is 2.29. The molecular formula is C14H21ClFN. The van der Waals surface area contributed by atoms with Gasteiger partial charge in [-0.25, -0.2) is 4.39 Å². The Hall–Kier alpha value is -0.600. The lowest BCUT2D eigenvalue weighted by molar-refractivity contribution is 0.393. The summed E-state index contributed by atoms with van der Waals surface area (Å²) in [4.78, 5) is 0. The molecule has 0 radical (unpaired) electrons. The first kappa shape index (κ1) is 14.5. The zero-order valence-electron chi connectivity index (χ0n) is 10.8. The van der Waals surface area contributed by atoms with Crippen molar-refractivity contribution < 1.29 is 4.39 Å². The fraction of sp³-hybridized carbons (Fsp3) is 0.571. The minimum atomic E-state index is -0.321. The van der Waals surface area contributed by atoms with Crippen LogP contribution in [0.4, 0.5) is 4.39 Å². The number of hydrogen-bond donors (Lipinski definition) is 1. The third kappa shape index (κ3) is 4.29. The van der Waals surface area contributed by atoms with Crippen molar-refractivity contribution in [3.63, 3.8) is 0 Å². The van der Waals surface area contributed by atoms with Crippen LogP contribution in [-0.4, -0.2) is 13.1 Å². The quantitative estimate of drug-likeness (QED) is 0.811. The maximum absolute atomic E-state index is 13.2. The lowest BCUT2D eigenvalue weighted by Gasteiger charge is -2.20. The molecule has 0 heterocycles. The zero-order valence-corrected chi connectivity index (χ0v) is 11.5. The Morgan fingerprint density at radius 3 is 2.65 bits per heavy atom. The van der Waals surface area contributed by atoms with Crippen molar-refractivity contribution in [3.8, 4) is 0 Å². The molecule has 3 heteroatoms. The van der Waals surface area contributed by atoms with Crippen LogP contribution in [0.2, 0.25) is 5.02 Å². The van der Waals surface area contributed by atoms with Crippen molar-refractivity contribution in [1.82, 2.24) is 5.32 Å². The first-order chi connectivity index (χ1) is 8.06. The number of benzene rings is 1. The van der Waals surface area contributed by atoms with Gasteiger partial charge >= 0.3 is 0 Å². The average molecular weight is 258 g/mol. The Bertz CT molecular complexity index is 352.